The zero-order valence-corrected chi connectivity index (χ0v) is 10.5. The molecule has 94 valence electrons. The molecule has 2 unspecified atom stereocenters. The number of likely N-dealkylation sites (tertiary alicyclic amines) is 1. The Labute approximate surface area is 101 Å². The highest BCUT2D eigenvalue weighted by molar-refractivity contribution is 5.81. The molecule has 5 nitrogen and oxygen atoms in total. The number of hydrogen-bond donors (Lipinski definition) is 0. The number of amides is 1. The van der Waals surface area contributed by atoms with Crippen molar-refractivity contribution < 1.29 is 14.1 Å². The first kappa shape index (κ1) is 12.1. The summed E-state index contributed by atoms with van der Waals surface area (Å²) >= 11 is 0. The van der Waals surface area contributed by atoms with Crippen molar-refractivity contribution in [1.82, 2.24) is 10.1 Å². The normalized spacial score (nSPS) is 21.8. The summed E-state index contributed by atoms with van der Waals surface area (Å²) in [5.41, 5.74) is 0.846. The van der Waals surface area contributed by atoms with Crippen LogP contribution in [0.3, 0.4) is 0 Å². The van der Waals surface area contributed by atoms with Crippen LogP contribution in [-0.4, -0.2) is 35.7 Å². The van der Waals surface area contributed by atoms with Crippen LogP contribution >= 0.6 is 0 Å². The van der Waals surface area contributed by atoms with Crippen molar-refractivity contribution in [3.63, 3.8) is 0 Å². The number of carbonyl (C=O) groups excluding carboxylic acids is 1. The van der Waals surface area contributed by atoms with Gasteiger partial charge in [0.15, 0.2) is 5.76 Å². The van der Waals surface area contributed by atoms with Gasteiger partial charge in [-0.25, -0.2) is 0 Å². The van der Waals surface area contributed by atoms with Gasteiger partial charge in [0, 0.05) is 19.7 Å². The molecule has 0 bridgehead atoms. The number of carbonyl (C=O) groups is 1. The molecule has 1 aliphatic rings. The Morgan fingerprint density at radius 2 is 2.47 bits per heavy atom. The van der Waals surface area contributed by atoms with Crippen LogP contribution in [0.25, 0.3) is 0 Å². The van der Waals surface area contributed by atoms with Gasteiger partial charge in [-0.2, -0.15) is 0 Å². The molecule has 0 aromatic carbocycles. The minimum absolute atomic E-state index is 0.0151. The van der Waals surface area contributed by atoms with Gasteiger partial charge < -0.3 is 14.2 Å². The van der Waals surface area contributed by atoms with Crippen molar-refractivity contribution in [1.29, 1.82) is 0 Å². The average molecular weight is 238 g/mol. The molecule has 0 saturated carbocycles. The van der Waals surface area contributed by atoms with Gasteiger partial charge in [0.1, 0.15) is 6.10 Å². The molecule has 1 aromatic heterocycles. The molecule has 2 rings (SSSR count). The molecular formula is C12H18N2O3. The second-order valence-corrected chi connectivity index (χ2v) is 4.44. The van der Waals surface area contributed by atoms with Crippen molar-refractivity contribution in [3.8, 4) is 0 Å². The number of nitrogens with zero attached hydrogens (tertiary/aromatic N) is 2. The molecular weight excluding hydrogens is 220 g/mol. The number of hydrogen-bond acceptors (Lipinski definition) is 4. The van der Waals surface area contributed by atoms with E-state index in [4.69, 9.17) is 9.26 Å². The van der Waals surface area contributed by atoms with Gasteiger partial charge in [0.2, 0.25) is 0 Å². The first-order chi connectivity index (χ1) is 8.13. The van der Waals surface area contributed by atoms with Crippen LogP contribution < -0.4 is 0 Å². The lowest BCUT2D eigenvalue weighted by molar-refractivity contribution is -0.142. The summed E-state index contributed by atoms with van der Waals surface area (Å²) in [6.45, 7) is 4.41. The van der Waals surface area contributed by atoms with E-state index in [9.17, 15) is 4.79 Å². The first-order valence-corrected chi connectivity index (χ1v) is 5.90. The maximum atomic E-state index is 12.1. The molecule has 1 aliphatic heterocycles. The summed E-state index contributed by atoms with van der Waals surface area (Å²) in [5, 5.41) is 3.88. The smallest absolute Gasteiger partial charge is 0.252 e. The number of aryl methyl sites for hydroxylation is 1. The van der Waals surface area contributed by atoms with E-state index >= 15 is 0 Å². The molecule has 2 atom stereocenters. The fraction of sp³-hybridized carbons (Fsp3) is 0.667. The van der Waals surface area contributed by atoms with Gasteiger partial charge in [-0.15, -0.1) is 0 Å². The van der Waals surface area contributed by atoms with Gasteiger partial charge >= 0.3 is 0 Å². The monoisotopic (exact) mass is 238 g/mol. The molecule has 2 heterocycles. The molecule has 1 aromatic rings. The van der Waals surface area contributed by atoms with Crippen LogP contribution in [0, 0.1) is 6.92 Å². The molecule has 5 heteroatoms. The lowest BCUT2D eigenvalue weighted by Gasteiger charge is -2.25. The second kappa shape index (κ2) is 4.87. The number of rotatable bonds is 3. The lowest BCUT2D eigenvalue weighted by Crippen LogP contribution is -2.38. The topological polar surface area (TPSA) is 55.6 Å². The van der Waals surface area contributed by atoms with Crippen molar-refractivity contribution in [2.75, 3.05) is 13.7 Å². The SMILES string of the molecule is COC(C)C(=O)N1CCCC1c1cc(C)no1. The Bertz CT molecular complexity index is 402. The Kier molecular flexibility index (Phi) is 3.47. The van der Waals surface area contributed by atoms with Gasteiger partial charge in [0.05, 0.1) is 11.7 Å². The van der Waals surface area contributed by atoms with Crippen molar-refractivity contribution in [2.24, 2.45) is 0 Å². The molecule has 1 amide bonds. The summed E-state index contributed by atoms with van der Waals surface area (Å²) in [6, 6.07) is 1.91. The van der Waals surface area contributed by atoms with Gasteiger partial charge in [0.25, 0.3) is 5.91 Å². The Morgan fingerprint density at radius 1 is 1.71 bits per heavy atom. The fourth-order valence-electron chi connectivity index (χ4n) is 2.20. The van der Waals surface area contributed by atoms with E-state index in [0.29, 0.717) is 0 Å². The molecule has 0 spiro atoms. The zero-order valence-electron chi connectivity index (χ0n) is 10.5. The summed E-state index contributed by atoms with van der Waals surface area (Å²) in [5.74, 6) is 0.792. The van der Waals surface area contributed by atoms with Gasteiger partial charge in [-0.1, -0.05) is 5.16 Å². The van der Waals surface area contributed by atoms with E-state index in [0.717, 1.165) is 30.8 Å². The van der Waals surface area contributed by atoms with Crippen LogP contribution in [0.2, 0.25) is 0 Å². The summed E-state index contributed by atoms with van der Waals surface area (Å²) in [4.78, 5) is 13.9. The van der Waals surface area contributed by atoms with E-state index in [1.165, 1.54) is 0 Å². The van der Waals surface area contributed by atoms with Crippen LogP contribution in [0.15, 0.2) is 10.6 Å². The predicted molar refractivity (Wildman–Crippen MR) is 61.4 cm³/mol. The Morgan fingerprint density at radius 3 is 3.06 bits per heavy atom. The third-order valence-electron chi connectivity index (χ3n) is 3.21. The van der Waals surface area contributed by atoms with E-state index in [1.807, 2.05) is 17.9 Å². The van der Waals surface area contributed by atoms with Crippen molar-refractivity contribution in [3.05, 3.63) is 17.5 Å². The third-order valence-corrected chi connectivity index (χ3v) is 3.21. The maximum absolute atomic E-state index is 12.1. The molecule has 0 aliphatic carbocycles. The minimum Gasteiger partial charge on any atom is -0.372 e. The average Bonchev–Trinajstić information content (AvgIpc) is 2.94. The minimum atomic E-state index is -0.403. The largest absolute Gasteiger partial charge is 0.372 e. The first-order valence-electron chi connectivity index (χ1n) is 5.90. The molecule has 1 fully saturated rings. The van der Waals surface area contributed by atoms with E-state index in [1.54, 1.807) is 14.0 Å². The van der Waals surface area contributed by atoms with Crippen molar-refractivity contribution >= 4 is 5.91 Å². The molecule has 0 N–H and O–H groups in total. The zero-order chi connectivity index (χ0) is 12.4. The van der Waals surface area contributed by atoms with E-state index in [-0.39, 0.29) is 11.9 Å². The number of methoxy groups -OCH3 is 1. The Balaban J connectivity index is 2.15. The Hall–Kier alpha value is -1.36. The highest BCUT2D eigenvalue weighted by atomic mass is 16.5. The van der Waals surface area contributed by atoms with Crippen LogP contribution in [0.4, 0.5) is 0 Å². The molecule has 17 heavy (non-hydrogen) atoms. The van der Waals surface area contributed by atoms with Crippen LogP contribution in [0.5, 0.6) is 0 Å². The quantitative estimate of drug-likeness (QED) is 0.804. The van der Waals surface area contributed by atoms with Crippen molar-refractivity contribution in [2.45, 2.75) is 38.8 Å². The number of ether oxygens (including phenoxy) is 1. The second-order valence-electron chi connectivity index (χ2n) is 4.44. The van der Waals surface area contributed by atoms with Crippen LogP contribution in [-0.2, 0) is 9.53 Å². The van der Waals surface area contributed by atoms with E-state index < -0.39 is 6.10 Å². The molecule has 0 radical (unpaired) electrons. The van der Waals surface area contributed by atoms with Gasteiger partial charge in [-0.3, -0.25) is 4.79 Å². The summed E-state index contributed by atoms with van der Waals surface area (Å²) in [7, 11) is 1.55. The highest BCUT2D eigenvalue weighted by Crippen LogP contribution is 2.32. The highest BCUT2D eigenvalue weighted by Gasteiger charge is 2.34. The lowest BCUT2D eigenvalue weighted by atomic mass is 10.1. The maximum Gasteiger partial charge on any atom is 0.252 e. The van der Waals surface area contributed by atoms with Gasteiger partial charge in [-0.05, 0) is 26.7 Å². The fourth-order valence-corrected chi connectivity index (χ4v) is 2.20. The summed E-state index contributed by atoms with van der Waals surface area (Å²) in [6.07, 6.45) is 1.52. The molecule has 1 saturated heterocycles. The third kappa shape index (κ3) is 2.34. The number of aromatic nitrogens is 1. The van der Waals surface area contributed by atoms with E-state index in [2.05, 4.69) is 5.16 Å². The predicted octanol–water partition coefficient (Wildman–Crippen LogP) is 1.68. The summed E-state index contributed by atoms with van der Waals surface area (Å²) < 4.78 is 10.3. The standard InChI is InChI=1S/C12H18N2O3/c1-8-7-11(17-13-8)10-5-4-6-14(10)12(15)9(2)16-3/h7,9-10H,4-6H2,1-3H3. The van der Waals surface area contributed by atoms with Crippen LogP contribution in [0.1, 0.15) is 37.3 Å².